The second-order valence-corrected chi connectivity index (χ2v) is 2.76. The van der Waals surface area contributed by atoms with Crippen LogP contribution in [0.3, 0.4) is 0 Å². The molecule has 1 aromatic carbocycles. The molecule has 0 aliphatic rings. The molecule has 5 heteroatoms. The Bertz CT molecular complexity index is 476. The zero-order valence-corrected chi connectivity index (χ0v) is 6.88. The topological polar surface area (TPSA) is 43.8 Å². The zero-order valence-electron chi connectivity index (χ0n) is 6.88. The molecule has 2 N–H and O–H groups in total. The summed E-state index contributed by atoms with van der Waals surface area (Å²) in [5.41, 5.74) is 5.89. The molecule has 0 radical (unpaired) electrons. The molecule has 2 aromatic rings. The van der Waals surface area contributed by atoms with E-state index in [0.717, 1.165) is 6.07 Å². The normalized spacial score (nSPS) is 11.0. The van der Waals surface area contributed by atoms with Crippen LogP contribution in [0.1, 0.15) is 0 Å². The fraction of sp³-hybridized carbons (Fsp3) is 0.125. The Hall–Kier alpha value is -1.65. The minimum atomic E-state index is -0.913. The summed E-state index contributed by atoms with van der Waals surface area (Å²) in [4.78, 5) is 3.85. The molecule has 0 spiro atoms. The van der Waals surface area contributed by atoms with Gasteiger partial charge in [-0.2, -0.15) is 0 Å². The summed E-state index contributed by atoms with van der Waals surface area (Å²) in [6.45, 7) is 0. The molecule has 3 nitrogen and oxygen atoms in total. The van der Waals surface area contributed by atoms with Gasteiger partial charge < -0.3 is 10.3 Å². The van der Waals surface area contributed by atoms with Gasteiger partial charge in [-0.15, -0.1) is 0 Å². The first-order valence-corrected chi connectivity index (χ1v) is 3.67. The van der Waals surface area contributed by atoms with Crippen LogP contribution in [-0.4, -0.2) is 9.55 Å². The maximum Gasteiger partial charge on any atom is 0.201 e. The van der Waals surface area contributed by atoms with E-state index in [1.807, 2.05) is 0 Å². The lowest BCUT2D eigenvalue weighted by Gasteiger charge is -1.97. The first-order valence-electron chi connectivity index (χ1n) is 3.67. The molecule has 0 unspecified atom stereocenters. The van der Waals surface area contributed by atoms with Crippen molar-refractivity contribution in [1.82, 2.24) is 9.55 Å². The highest BCUT2D eigenvalue weighted by Crippen LogP contribution is 2.21. The van der Waals surface area contributed by atoms with E-state index in [2.05, 4.69) is 4.98 Å². The Labute approximate surface area is 72.8 Å². The molecule has 0 aliphatic carbocycles. The fourth-order valence-electron chi connectivity index (χ4n) is 1.25. The number of rotatable bonds is 0. The van der Waals surface area contributed by atoms with Gasteiger partial charge in [-0.25, -0.2) is 13.8 Å². The van der Waals surface area contributed by atoms with Gasteiger partial charge in [-0.1, -0.05) is 0 Å². The summed E-state index contributed by atoms with van der Waals surface area (Å²) in [5.74, 6) is -1.64. The van der Waals surface area contributed by atoms with Crippen molar-refractivity contribution in [2.75, 3.05) is 5.73 Å². The second kappa shape index (κ2) is 2.42. The third-order valence-corrected chi connectivity index (χ3v) is 1.96. The predicted molar refractivity (Wildman–Crippen MR) is 45.0 cm³/mol. The van der Waals surface area contributed by atoms with Crippen molar-refractivity contribution in [2.24, 2.45) is 7.05 Å². The Balaban J connectivity index is 2.97. The maximum atomic E-state index is 13.2. The van der Waals surface area contributed by atoms with Crippen molar-refractivity contribution in [3.05, 3.63) is 23.8 Å². The van der Waals surface area contributed by atoms with Crippen LogP contribution in [0.5, 0.6) is 0 Å². The van der Waals surface area contributed by atoms with Crippen molar-refractivity contribution in [1.29, 1.82) is 0 Å². The lowest BCUT2D eigenvalue weighted by atomic mass is 10.3. The Morgan fingerprint density at radius 1 is 1.38 bits per heavy atom. The molecular weight excluding hydrogens is 176 g/mol. The predicted octanol–water partition coefficient (Wildman–Crippen LogP) is 1.43. The van der Waals surface area contributed by atoms with Gasteiger partial charge in [0.25, 0.3) is 0 Å². The molecule has 2 rings (SSSR count). The third-order valence-electron chi connectivity index (χ3n) is 1.96. The minimum absolute atomic E-state index is 0.0949. The fourth-order valence-corrected chi connectivity index (χ4v) is 1.25. The molecule has 0 amide bonds. The van der Waals surface area contributed by atoms with Gasteiger partial charge in [-0.3, -0.25) is 0 Å². The Kier molecular flexibility index (Phi) is 1.48. The van der Waals surface area contributed by atoms with Crippen molar-refractivity contribution in [3.63, 3.8) is 0 Å². The number of benzene rings is 1. The monoisotopic (exact) mass is 183 g/mol. The van der Waals surface area contributed by atoms with Crippen LogP contribution in [0.4, 0.5) is 14.7 Å². The van der Waals surface area contributed by atoms with Crippen LogP contribution in [0.25, 0.3) is 11.0 Å². The van der Waals surface area contributed by atoms with Crippen molar-refractivity contribution >= 4 is 17.0 Å². The molecule has 68 valence electrons. The van der Waals surface area contributed by atoms with E-state index in [1.54, 1.807) is 0 Å². The Morgan fingerprint density at radius 3 is 2.77 bits per heavy atom. The molecule has 0 saturated carbocycles. The second-order valence-electron chi connectivity index (χ2n) is 2.76. The molecule has 1 heterocycles. The standard InChI is InChI=1S/C8H7F2N3/c1-13-7-5(12-8(13)11)3-2-4(9)6(7)10/h2-3H,1H3,(H2,11,12). The van der Waals surface area contributed by atoms with Gasteiger partial charge in [0.1, 0.15) is 5.52 Å². The van der Waals surface area contributed by atoms with Gasteiger partial charge in [0.15, 0.2) is 11.6 Å². The van der Waals surface area contributed by atoms with Gasteiger partial charge in [0.05, 0.1) is 5.52 Å². The largest absolute Gasteiger partial charge is 0.369 e. The number of imidazole rings is 1. The highest BCUT2D eigenvalue weighted by Gasteiger charge is 2.13. The van der Waals surface area contributed by atoms with Crippen LogP contribution in [0, 0.1) is 11.6 Å². The van der Waals surface area contributed by atoms with Crippen LogP contribution in [-0.2, 0) is 7.05 Å². The average molecular weight is 183 g/mol. The number of nitrogens with two attached hydrogens (primary N) is 1. The van der Waals surface area contributed by atoms with Crippen molar-refractivity contribution < 1.29 is 8.78 Å². The molecule has 0 bridgehead atoms. The number of fused-ring (bicyclic) bond motifs is 1. The highest BCUT2D eigenvalue weighted by molar-refractivity contribution is 5.78. The quantitative estimate of drug-likeness (QED) is 0.671. The number of anilines is 1. The van der Waals surface area contributed by atoms with Crippen molar-refractivity contribution in [2.45, 2.75) is 0 Å². The summed E-state index contributed by atoms with van der Waals surface area (Å²) in [5, 5.41) is 0. The highest BCUT2D eigenvalue weighted by atomic mass is 19.2. The van der Waals surface area contributed by atoms with E-state index in [1.165, 1.54) is 17.7 Å². The molecular formula is C8H7F2N3. The van der Waals surface area contributed by atoms with E-state index in [4.69, 9.17) is 5.73 Å². The van der Waals surface area contributed by atoms with E-state index < -0.39 is 11.6 Å². The average Bonchev–Trinajstić information content (AvgIpc) is 2.37. The third kappa shape index (κ3) is 0.965. The van der Waals surface area contributed by atoms with Gasteiger partial charge in [0.2, 0.25) is 5.95 Å². The molecule has 0 atom stereocenters. The molecule has 13 heavy (non-hydrogen) atoms. The molecule has 0 aliphatic heterocycles. The summed E-state index contributed by atoms with van der Waals surface area (Å²) >= 11 is 0. The first kappa shape index (κ1) is 7.97. The number of hydrogen-bond donors (Lipinski definition) is 1. The van der Waals surface area contributed by atoms with Crippen LogP contribution in [0.15, 0.2) is 12.1 Å². The smallest absolute Gasteiger partial charge is 0.201 e. The summed E-state index contributed by atoms with van der Waals surface area (Å²) in [6, 6.07) is 2.42. The van der Waals surface area contributed by atoms with Gasteiger partial charge >= 0.3 is 0 Å². The lowest BCUT2D eigenvalue weighted by Crippen LogP contribution is -1.98. The SMILES string of the molecule is Cn1c(N)nc2ccc(F)c(F)c21. The molecule has 1 aromatic heterocycles. The number of halogens is 2. The van der Waals surface area contributed by atoms with Crippen LogP contribution in [0.2, 0.25) is 0 Å². The van der Waals surface area contributed by atoms with E-state index in [9.17, 15) is 8.78 Å². The molecule has 0 fully saturated rings. The van der Waals surface area contributed by atoms with E-state index in [-0.39, 0.29) is 11.5 Å². The summed E-state index contributed by atoms with van der Waals surface area (Å²) in [7, 11) is 1.53. The zero-order chi connectivity index (χ0) is 9.59. The number of aromatic nitrogens is 2. The number of hydrogen-bond acceptors (Lipinski definition) is 2. The first-order chi connectivity index (χ1) is 6.11. The van der Waals surface area contributed by atoms with E-state index >= 15 is 0 Å². The lowest BCUT2D eigenvalue weighted by molar-refractivity contribution is 0.513. The summed E-state index contributed by atoms with van der Waals surface area (Å²) < 4.78 is 27.3. The number of aryl methyl sites for hydroxylation is 1. The maximum absolute atomic E-state index is 13.2. The number of nitrogens with zero attached hydrogens (tertiary/aromatic N) is 2. The van der Waals surface area contributed by atoms with Crippen LogP contribution >= 0.6 is 0 Å². The molecule has 0 saturated heterocycles. The van der Waals surface area contributed by atoms with Gasteiger partial charge in [0, 0.05) is 7.05 Å². The van der Waals surface area contributed by atoms with Crippen molar-refractivity contribution in [3.8, 4) is 0 Å². The van der Waals surface area contributed by atoms with E-state index in [0.29, 0.717) is 5.52 Å². The van der Waals surface area contributed by atoms with Crippen LogP contribution < -0.4 is 5.73 Å². The van der Waals surface area contributed by atoms with Gasteiger partial charge in [-0.05, 0) is 12.1 Å². The Morgan fingerprint density at radius 2 is 2.08 bits per heavy atom. The summed E-state index contributed by atoms with van der Waals surface area (Å²) in [6.07, 6.45) is 0. The number of nitrogen functional groups attached to an aromatic ring is 1. The minimum Gasteiger partial charge on any atom is -0.369 e.